The topological polar surface area (TPSA) is 58.1 Å². The van der Waals surface area contributed by atoms with Crippen LogP contribution in [0.5, 0.6) is 0 Å². The number of thioether (sulfide) groups is 1. The van der Waals surface area contributed by atoms with Crippen molar-refractivity contribution in [2.24, 2.45) is 0 Å². The van der Waals surface area contributed by atoms with Crippen LogP contribution in [-0.4, -0.2) is 45.2 Å². The first-order chi connectivity index (χ1) is 16.4. The summed E-state index contributed by atoms with van der Waals surface area (Å²) < 4.78 is 13.5. The molecule has 1 amide bonds. The monoisotopic (exact) mass is 478 g/mol. The number of carbonyl (C=O) groups excluding carboxylic acids is 1. The second-order valence-electron chi connectivity index (χ2n) is 9.01. The summed E-state index contributed by atoms with van der Waals surface area (Å²) in [5.74, 6) is -0.231. The van der Waals surface area contributed by atoms with Gasteiger partial charge >= 0.3 is 0 Å². The van der Waals surface area contributed by atoms with Crippen LogP contribution >= 0.6 is 11.8 Å². The van der Waals surface area contributed by atoms with Crippen LogP contribution in [0.3, 0.4) is 0 Å². The molecule has 2 atom stereocenters. The van der Waals surface area contributed by atoms with E-state index in [4.69, 9.17) is 0 Å². The highest BCUT2D eigenvalue weighted by Crippen LogP contribution is 2.32. The lowest BCUT2D eigenvalue weighted by molar-refractivity contribution is -0.125. The predicted molar refractivity (Wildman–Crippen MR) is 134 cm³/mol. The average molecular weight is 479 g/mol. The Labute approximate surface area is 205 Å². The quantitative estimate of drug-likeness (QED) is 0.478. The van der Waals surface area contributed by atoms with Crippen molar-refractivity contribution in [2.45, 2.75) is 56.6 Å². The highest BCUT2D eigenvalue weighted by molar-refractivity contribution is 7.99. The zero-order valence-corrected chi connectivity index (χ0v) is 20.7. The van der Waals surface area contributed by atoms with E-state index < -0.39 is 0 Å². The molecule has 1 fully saturated rings. The number of rotatable bonds is 8. The number of hydrogen-bond donors (Lipinski definition) is 1. The maximum Gasteiger partial charge on any atom is 0.237 e. The molecular formula is C27H31FN4OS. The molecule has 0 aliphatic carbocycles. The van der Waals surface area contributed by atoms with E-state index in [1.165, 1.54) is 23.3 Å². The molecule has 1 aliphatic heterocycles. The maximum absolute atomic E-state index is 13.5. The summed E-state index contributed by atoms with van der Waals surface area (Å²) in [6, 6.07) is 16.7. The highest BCUT2D eigenvalue weighted by atomic mass is 32.2. The Morgan fingerprint density at radius 1 is 1.06 bits per heavy atom. The molecule has 0 saturated carbocycles. The van der Waals surface area contributed by atoms with Gasteiger partial charge in [0.2, 0.25) is 5.91 Å². The lowest BCUT2D eigenvalue weighted by atomic mass is 10.1. The molecule has 178 valence electrons. The summed E-state index contributed by atoms with van der Waals surface area (Å²) in [5, 5.41) is 4.07. The molecule has 34 heavy (non-hydrogen) atoms. The van der Waals surface area contributed by atoms with Crippen LogP contribution in [0.1, 0.15) is 34.5 Å². The third-order valence-electron chi connectivity index (χ3n) is 5.97. The van der Waals surface area contributed by atoms with Crippen molar-refractivity contribution in [3.05, 3.63) is 88.5 Å². The van der Waals surface area contributed by atoms with Crippen molar-refractivity contribution in [3.63, 3.8) is 0 Å². The van der Waals surface area contributed by atoms with Gasteiger partial charge in [-0.3, -0.25) is 9.69 Å². The molecule has 5 nitrogen and oxygen atoms in total. The Morgan fingerprint density at radius 3 is 2.53 bits per heavy atom. The van der Waals surface area contributed by atoms with Crippen molar-refractivity contribution in [2.75, 3.05) is 13.1 Å². The van der Waals surface area contributed by atoms with E-state index in [-0.39, 0.29) is 23.0 Å². The van der Waals surface area contributed by atoms with Gasteiger partial charge in [-0.05, 0) is 62.9 Å². The molecule has 0 bridgehead atoms. The van der Waals surface area contributed by atoms with Crippen LogP contribution in [0, 0.1) is 26.6 Å². The fourth-order valence-corrected chi connectivity index (χ4v) is 5.71. The van der Waals surface area contributed by atoms with Crippen LogP contribution in [0.4, 0.5) is 4.39 Å². The normalized spacial score (nSPS) is 18.2. The molecule has 0 spiro atoms. The molecule has 2 aromatic carbocycles. The van der Waals surface area contributed by atoms with Crippen LogP contribution < -0.4 is 5.32 Å². The van der Waals surface area contributed by atoms with Crippen LogP contribution in [-0.2, 0) is 17.8 Å². The molecule has 1 aromatic heterocycles. The molecule has 7 heteroatoms. The highest BCUT2D eigenvalue weighted by Gasteiger charge is 2.37. The number of hydrogen-bond acceptors (Lipinski definition) is 5. The lowest BCUT2D eigenvalue weighted by Gasteiger charge is -2.23. The zero-order chi connectivity index (χ0) is 24.1. The number of carbonyl (C=O) groups is 1. The van der Waals surface area contributed by atoms with E-state index in [1.54, 1.807) is 17.8 Å². The van der Waals surface area contributed by atoms with Gasteiger partial charge in [0.25, 0.3) is 0 Å². The Hall–Kier alpha value is -2.77. The molecule has 0 radical (unpaired) electrons. The number of benzene rings is 2. The molecule has 1 saturated heterocycles. The summed E-state index contributed by atoms with van der Waals surface area (Å²) in [7, 11) is 0. The van der Waals surface area contributed by atoms with Gasteiger partial charge < -0.3 is 5.32 Å². The van der Waals surface area contributed by atoms with E-state index in [0.717, 1.165) is 35.1 Å². The first-order valence-electron chi connectivity index (χ1n) is 11.7. The zero-order valence-electron chi connectivity index (χ0n) is 19.9. The number of likely N-dealkylation sites (tertiary alicyclic amines) is 1. The van der Waals surface area contributed by atoms with Gasteiger partial charge in [0.1, 0.15) is 5.82 Å². The minimum absolute atomic E-state index is 0.0218. The largest absolute Gasteiger partial charge is 0.354 e. The molecular weight excluding hydrogens is 447 g/mol. The summed E-state index contributed by atoms with van der Waals surface area (Å²) in [6.45, 7) is 8.03. The van der Waals surface area contributed by atoms with Crippen LogP contribution in [0.25, 0.3) is 0 Å². The standard InChI is InChI=1S/C27H31FN4OS/c1-18-6-4-8-22(12-18)16-32-17-24(34-27-30-19(2)13-20(3)31-27)15-25(32)26(33)29-11-10-21-7-5-9-23(28)14-21/h4-9,12-14,24-25H,10-11,15-17H2,1-3H3,(H,29,33)/t24-,25-/m0/s1. The Kier molecular flexibility index (Phi) is 7.95. The van der Waals surface area contributed by atoms with Crippen LogP contribution in [0.15, 0.2) is 59.8 Å². The summed E-state index contributed by atoms with van der Waals surface area (Å²) in [4.78, 5) is 24.6. The predicted octanol–water partition coefficient (Wildman–Crippen LogP) is 4.64. The van der Waals surface area contributed by atoms with E-state index >= 15 is 0 Å². The van der Waals surface area contributed by atoms with Crippen molar-refractivity contribution in [1.82, 2.24) is 20.2 Å². The fraction of sp³-hybridized carbons (Fsp3) is 0.370. The van der Waals surface area contributed by atoms with Crippen molar-refractivity contribution in [3.8, 4) is 0 Å². The van der Waals surface area contributed by atoms with Gasteiger partial charge in [0, 0.05) is 36.3 Å². The smallest absolute Gasteiger partial charge is 0.237 e. The second kappa shape index (κ2) is 11.1. The van der Waals surface area contributed by atoms with Crippen molar-refractivity contribution >= 4 is 17.7 Å². The minimum atomic E-state index is -0.252. The number of nitrogens with zero attached hydrogens (tertiary/aromatic N) is 3. The first kappa shape index (κ1) is 24.4. The first-order valence-corrected chi connectivity index (χ1v) is 12.5. The van der Waals surface area contributed by atoms with Crippen molar-refractivity contribution in [1.29, 1.82) is 0 Å². The molecule has 4 rings (SSSR count). The fourth-order valence-electron chi connectivity index (χ4n) is 4.48. The third-order valence-corrected chi connectivity index (χ3v) is 7.04. The minimum Gasteiger partial charge on any atom is -0.354 e. The third kappa shape index (κ3) is 6.64. The summed E-state index contributed by atoms with van der Waals surface area (Å²) in [6.07, 6.45) is 1.33. The van der Waals surface area contributed by atoms with Gasteiger partial charge in [0.05, 0.1) is 6.04 Å². The molecule has 1 N–H and O–H groups in total. The Morgan fingerprint density at radius 2 is 1.79 bits per heavy atom. The molecule has 2 heterocycles. The second-order valence-corrected chi connectivity index (χ2v) is 10.3. The number of amides is 1. The maximum atomic E-state index is 13.5. The summed E-state index contributed by atoms with van der Waals surface area (Å²) in [5.41, 5.74) is 5.20. The molecule has 0 unspecified atom stereocenters. The van der Waals surface area contributed by atoms with Crippen LogP contribution in [0.2, 0.25) is 0 Å². The van der Waals surface area contributed by atoms with Gasteiger partial charge in [0.15, 0.2) is 5.16 Å². The molecule has 3 aromatic rings. The Bertz CT molecular complexity index is 1130. The van der Waals surface area contributed by atoms with Gasteiger partial charge in [-0.15, -0.1) is 0 Å². The van der Waals surface area contributed by atoms with Gasteiger partial charge in [-0.2, -0.15) is 0 Å². The van der Waals surface area contributed by atoms with E-state index in [1.807, 2.05) is 26.0 Å². The van der Waals surface area contributed by atoms with Crippen molar-refractivity contribution < 1.29 is 9.18 Å². The van der Waals surface area contributed by atoms with E-state index in [2.05, 4.69) is 51.4 Å². The Balaban J connectivity index is 1.43. The number of aryl methyl sites for hydroxylation is 3. The molecule has 1 aliphatic rings. The van der Waals surface area contributed by atoms with E-state index in [0.29, 0.717) is 19.5 Å². The van der Waals surface area contributed by atoms with Gasteiger partial charge in [-0.25, -0.2) is 14.4 Å². The number of halogens is 1. The summed E-state index contributed by atoms with van der Waals surface area (Å²) >= 11 is 1.65. The number of nitrogens with one attached hydrogen (secondary N) is 1. The van der Waals surface area contributed by atoms with Gasteiger partial charge in [-0.1, -0.05) is 53.7 Å². The SMILES string of the molecule is Cc1cccc(CN2C[C@@H](Sc3nc(C)cc(C)n3)C[C@H]2C(=O)NCCc2cccc(F)c2)c1. The van der Waals surface area contributed by atoms with E-state index in [9.17, 15) is 9.18 Å². The average Bonchev–Trinajstić information content (AvgIpc) is 3.15. The lowest BCUT2D eigenvalue weighted by Crippen LogP contribution is -2.43. The number of aromatic nitrogens is 2.